The lowest BCUT2D eigenvalue weighted by Gasteiger charge is -1.69. The van der Waals surface area contributed by atoms with E-state index in [1.165, 1.54) is 7.11 Å². The Morgan fingerprint density at radius 1 is 0.889 bits per heavy atom. The molecule has 0 fully saturated rings. The van der Waals surface area contributed by atoms with Crippen LogP contribution in [0.4, 0.5) is 0 Å². The fourth-order valence-electron chi connectivity index (χ4n) is 0.385. The summed E-state index contributed by atoms with van der Waals surface area (Å²) < 4.78 is 0. The highest BCUT2D eigenvalue weighted by molar-refractivity contribution is 4.99. The summed E-state index contributed by atoms with van der Waals surface area (Å²) in [6.45, 7) is 0. The first-order valence-electron chi connectivity index (χ1n) is 2.64. The van der Waals surface area contributed by atoms with E-state index in [1.54, 1.807) is 0 Å². The Bertz CT molecular complexity index is 91.8. The highest BCUT2D eigenvalue weighted by Crippen LogP contribution is 1.79. The average Bonchev–Trinajstić information content (AvgIpc) is 1.93. The fourth-order valence-corrected chi connectivity index (χ4v) is 0.385. The van der Waals surface area contributed by atoms with Gasteiger partial charge in [-0.2, -0.15) is 0 Å². The zero-order chi connectivity index (χ0) is 6.95. The summed E-state index contributed by atoms with van der Waals surface area (Å²) in [5, 5.41) is 0. The van der Waals surface area contributed by atoms with Gasteiger partial charge in [0, 0.05) is 0 Å². The van der Waals surface area contributed by atoms with Gasteiger partial charge in [-0.25, -0.2) is 5.90 Å². The highest BCUT2D eigenvalue weighted by Gasteiger charge is 1.57. The molecule has 0 aromatic heterocycles. The fraction of sp³-hybridized carbons (Fsp3) is 0.143. The summed E-state index contributed by atoms with van der Waals surface area (Å²) in [4.78, 5) is 3.75. The van der Waals surface area contributed by atoms with Crippen molar-refractivity contribution in [3.05, 3.63) is 36.4 Å². The van der Waals surface area contributed by atoms with Crippen molar-refractivity contribution in [1.82, 2.24) is 0 Å². The van der Waals surface area contributed by atoms with E-state index in [0.29, 0.717) is 0 Å². The molecule has 0 aliphatic heterocycles. The van der Waals surface area contributed by atoms with Gasteiger partial charge < -0.3 is 4.84 Å². The molecule has 2 heteroatoms. The van der Waals surface area contributed by atoms with Crippen LogP contribution in [0.15, 0.2) is 36.4 Å². The molecule has 0 unspecified atom stereocenters. The number of rotatable bonds is 0. The van der Waals surface area contributed by atoms with Crippen molar-refractivity contribution in [2.24, 2.45) is 5.90 Å². The monoisotopic (exact) mass is 125 g/mol. The van der Waals surface area contributed by atoms with Gasteiger partial charge in [0.05, 0.1) is 7.11 Å². The van der Waals surface area contributed by atoms with Gasteiger partial charge >= 0.3 is 0 Å². The van der Waals surface area contributed by atoms with Crippen molar-refractivity contribution < 1.29 is 4.84 Å². The van der Waals surface area contributed by atoms with Crippen LogP contribution in [-0.2, 0) is 4.84 Å². The molecule has 9 heavy (non-hydrogen) atoms. The molecule has 0 amide bonds. The Morgan fingerprint density at radius 3 is 1.11 bits per heavy atom. The van der Waals surface area contributed by atoms with Crippen LogP contribution in [0.5, 0.6) is 0 Å². The summed E-state index contributed by atoms with van der Waals surface area (Å²) in [7, 11) is 1.40. The minimum Gasteiger partial charge on any atom is -0.308 e. The molecule has 0 saturated heterocycles. The van der Waals surface area contributed by atoms with Gasteiger partial charge in [0.25, 0.3) is 0 Å². The highest BCUT2D eigenvalue weighted by atomic mass is 16.6. The molecule has 2 N–H and O–H groups in total. The van der Waals surface area contributed by atoms with Crippen LogP contribution in [0.25, 0.3) is 0 Å². The SMILES string of the molecule is CON.c1ccccc1. The second-order valence-corrected chi connectivity index (χ2v) is 1.39. The van der Waals surface area contributed by atoms with E-state index in [4.69, 9.17) is 0 Å². The van der Waals surface area contributed by atoms with Crippen LogP contribution in [0.1, 0.15) is 0 Å². The molecule has 0 spiro atoms. The Morgan fingerprint density at radius 2 is 1.00 bits per heavy atom. The topological polar surface area (TPSA) is 35.2 Å². The molecule has 0 aliphatic rings. The number of hydrogen-bond acceptors (Lipinski definition) is 2. The molecule has 50 valence electrons. The first-order valence-corrected chi connectivity index (χ1v) is 2.64. The third kappa shape index (κ3) is 7.14. The van der Waals surface area contributed by atoms with Gasteiger partial charge in [-0.3, -0.25) is 0 Å². The summed E-state index contributed by atoms with van der Waals surface area (Å²) >= 11 is 0. The predicted molar refractivity (Wildman–Crippen MR) is 37.6 cm³/mol. The van der Waals surface area contributed by atoms with Crippen molar-refractivity contribution in [2.75, 3.05) is 7.11 Å². The molecule has 0 bridgehead atoms. The van der Waals surface area contributed by atoms with E-state index in [-0.39, 0.29) is 0 Å². The van der Waals surface area contributed by atoms with Crippen molar-refractivity contribution in [3.8, 4) is 0 Å². The molecule has 2 nitrogen and oxygen atoms in total. The van der Waals surface area contributed by atoms with E-state index >= 15 is 0 Å². The minimum atomic E-state index is 1.40. The maximum atomic E-state index is 4.35. The van der Waals surface area contributed by atoms with E-state index < -0.39 is 0 Å². The second-order valence-electron chi connectivity index (χ2n) is 1.39. The Balaban J connectivity index is 0.000000187. The Hall–Kier alpha value is -0.860. The first-order chi connectivity index (χ1) is 4.41. The normalized spacial score (nSPS) is 7.33. The summed E-state index contributed by atoms with van der Waals surface area (Å²) in [5.41, 5.74) is 0. The summed E-state index contributed by atoms with van der Waals surface area (Å²) in [6.07, 6.45) is 0. The van der Waals surface area contributed by atoms with Crippen LogP contribution >= 0.6 is 0 Å². The molecule has 0 saturated carbocycles. The van der Waals surface area contributed by atoms with Crippen molar-refractivity contribution in [2.45, 2.75) is 0 Å². The Labute approximate surface area is 55.2 Å². The number of benzene rings is 1. The number of nitrogens with two attached hydrogens (primary N) is 1. The quantitative estimate of drug-likeness (QED) is 0.529. The van der Waals surface area contributed by atoms with Gasteiger partial charge in [-0.05, 0) is 0 Å². The minimum absolute atomic E-state index is 1.40. The maximum absolute atomic E-state index is 4.35. The van der Waals surface area contributed by atoms with Gasteiger partial charge in [-0.1, -0.05) is 36.4 Å². The lowest BCUT2D eigenvalue weighted by molar-refractivity contribution is 0.206. The average molecular weight is 125 g/mol. The molecule has 0 aliphatic carbocycles. The van der Waals surface area contributed by atoms with Crippen LogP contribution in [0.2, 0.25) is 0 Å². The molecule has 0 heterocycles. The van der Waals surface area contributed by atoms with Gasteiger partial charge in [0.15, 0.2) is 0 Å². The van der Waals surface area contributed by atoms with Crippen LogP contribution < -0.4 is 5.90 Å². The predicted octanol–water partition coefficient (Wildman–Crippen LogP) is 1.19. The van der Waals surface area contributed by atoms with Gasteiger partial charge in [0.2, 0.25) is 0 Å². The van der Waals surface area contributed by atoms with Crippen LogP contribution in [0.3, 0.4) is 0 Å². The van der Waals surface area contributed by atoms with Crippen LogP contribution in [-0.4, -0.2) is 7.11 Å². The Kier molecular flexibility index (Phi) is 6.46. The second kappa shape index (κ2) is 7.14. The first kappa shape index (κ1) is 8.14. The standard InChI is InChI=1S/C6H6.CH5NO/c1-2-4-6-5-3-1;1-3-2/h1-6H;2H2,1H3. The summed E-state index contributed by atoms with van der Waals surface area (Å²) in [6, 6.07) is 12.0. The molecule has 1 rings (SSSR count). The zero-order valence-corrected chi connectivity index (χ0v) is 5.45. The largest absolute Gasteiger partial charge is 0.308 e. The third-order valence-electron chi connectivity index (χ3n) is 0.667. The lowest BCUT2D eigenvalue weighted by Crippen LogP contribution is -1.86. The van der Waals surface area contributed by atoms with Crippen molar-refractivity contribution >= 4 is 0 Å². The van der Waals surface area contributed by atoms with E-state index in [9.17, 15) is 0 Å². The molecular formula is C7H11NO. The van der Waals surface area contributed by atoms with Crippen molar-refractivity contribution in [1.29, 1.82) is 0 Å². The van der Waals surface area contributed by atoms with Crippen molar-refractivity contribution in [3.63, 3.8) is 0 Å². The molecule has 1 aromatic rings. The van der Waals surface area contributed by atoms with Gasteiger partial charge in [-0.15, -0.1) is 0 Å². The van der Waals surface area contributed by atoms with Crippen LogP contribution in [0, 0.1) is 0 Å². The van der Waals surface area contributed by atoms with Gasteiger partial charge in [0.1, 0.15) is 0 Å². The lowest BCUT2D eigenvalue weighted by atomic mass is 10.4. The zero-order valence-electron chi connectivity index (χ0n) is 5.45. The summed E-state index contributed by atoms with van der Waals surface area (Å²) in [5.74, 6) is 4.35. The maximum Gasteiger partial charge on any atom is 0.0569 e. The molecular weight excluding hydrogens is 114 g/mol. The number of hydrogen-bond donors (Lipinski definition) is 1. The third-order valence-corrected chi connectivity index (χ3v) is 0.667. The van der Waals surface area contributed by atoms with E-state index in [2.05, 4.69) is 10.7 Å². The smallest absolute Gasteiger partial charge is 0.0569 e. The molecule has 0 atom stereocenters. The molecule has 0 radical (unpaired) electrons. The molecule has 1 aromatic carbocycles. The van der Waals surface area contributed by atoms with E-state index in [0.717, 1.165) is 0 Å². The van der Waals surface area contributed by atoms with E-state index in [1.807, 2.05) is 36.4 Å².